The topological polar surface area (TPSA) is 52.7 Å². The fourth-order valence-electron chi connectivity index (χ4n) is 3.37. The summed E-state index contributed by atoms with van der Waals surface area (Å²) in [7, 11) is 0. The van der Waals surface area contributed by atoms with E-state index < -0.39 is 0 Å². The van der Waals surface area contributed by atoms with E-state index >= 15 is 0 Å². The third kappa shape index (κ3) is 6.34. The van der Waals surface area contributed by atoms with Crippen LogP contribution in [-0.4, -0.2) is 60.1 Å². The second-order valence-corrected chi connectivity index (χ2v) is 8.37. The van der Waals surface area contributed by atoms with Gasteiger partial charge in [0.15, 0.2) is 0 Å². The maximum Gasteiger partial charge on any atom is 0.238 e. The molecule has 0 spiro atoms. The number of rotatable bonds is 7. The zero-order valence-electron chi connectivity index (χ0n) is 17.2. The highest BCUT2D eigenvalue weighted by Crippen LogP contribution is 2.19. The molecule has 1 saturated heterocycles. The number of piperazine rings is 1. The highest BCUT2D eigenvalue weighted by molar-refractivity contribution is 8.00. The molecule has 0 bridgehead atoms. The number of hydrogen-bond donors (Lipinski definition) is 1. The summed E-state index contributed by atoms with van der Waals surface area (Å²) in [5.41, 5.74) is 3.25. The van der Waals surface area contributed by atoms with E-state index in [2.05, 4.69) is 48.3 Å². The van der Waals surface area contributed by atoms with E-state index in [4.69, 9.17) is 0 Å². The van der Waals surface area contributed by atoms with Gasteiger partial charge in [-0.15, -0.1) is 11.8 Å². The second-order valence-electron chi connectivity index (χ2n) is 7.32. The molecule has 29 heavy (non-hydrogen) atoms. The van der Waals surface area contributed by atoms with Gasteiger partial charge in [0.25, 0.3) is 0 Å². The lowest BCUT2D eigenvalue weighted by molar-refractivity contribution is -0.130. The fourth-order valence-corrected chi connectivity index (χ4v) is 4.17. The molecule has 2 amide bonds. The molecular formula is C23H29N3O2S. The maximum absolute atomic E-state index is 12.5. The number of aryl methyl sites for hydroxylation is 2. The number of hydrogen-bond acceptors (Lipinski definition) is 4. The molecule has 0 radical (unpaired) electrons. The Bertz CT molecular complexity index is 830. The van der Waals surface area contributed by atoms with Crippen LogP contribution >= 0.6 is 11.8 Å². The Morgan fingerprint density at radius 2 is 1.69 bits per heavy atom. The number of para-hydroxylation sites is 1. The van der Waals surface area contributed by atoms with Gasteiger partial charge in [0, 0.05) is 36.8 Å². The summed E-state index contributed by atoms with van der Waals surface area (Å²) in [5.74, 6) is 0.620. The number of nitrogens with one attached hydrogen (secondary N) is 1. The van der Waals surface area contributed by atoms with Crippen molar-refractivity contribution in [3.05, 3.63) is 59.7 Å². The van der Waals surface area contributed by atoms with Gasteiger partial charge in [-0.25, -0.2) is 0 Å². The van der Waals surface area contributed by atoms with Crippen LogP contribution in [0.2, 0.25) is 0 Å². The summed E-state index contributed by atoms with van der Waals surface area (Å²) in [5, 5.41) is 3.02. The van der Waals surface area contributed by atoms with Gasteiger partial charge in [-0.05, 0) is 37.1 Å². The minimum atomic E-state index is 0.000558. The van der Waals surface area contributed by atoms with Gasteiger partial charge in [-0.2, -0.15) is 0 Å². The Morgan fingerprint density at radius 3 is 2.38 bits per heavy atom. The van der Waals surface area contributed by atoms with Gasteiger partial charge < -0.3 is 10.2 Å². The van der Waals surface area contributed by atoms with E-state index in [-0.39, 0.29) is 11.8 Å². The van der Waals surface area contributed by atoms with E-state index in [0.29, 0.717) is 25.4 Å². The van der Waals surface area contributed by atoms with Crippen molar-refractivity contribution in [2.24, 2.45) is 0 Å². The van der Waals surface area contributed by atoms with Crippen LogP contribution in [0, 0.1) is 6.92 Å². The summed E-state index contributed by atoms with van der Waals surface area (Å²) in [6, 6.07) is 16.1. The minimum Gasteiger partial charge on any atom is -0.339 e. The molecule has 1 aliphatic heterocycles. The molecule has 1 heterocycles. The molecule has 0 atom stereocenters. The van der Waals surface area contributed by atoms with Gasteiger partial charge in [0.05, 0.1) is 12.3 Å². The summed E-state index contributed by atoms with van der Waals surface area (Å²) in [4.78, 5) is 30.0. The SMILES string of the molecule is CCc1ccccc1NC(=O)CN1CCN(C(=O)CSc2ccc(C)cc2)CC1. The zero-order chi connectivity index (χ0) is 20.6. The molecule has 0 unspecified atom stereocenters. The Kier molecular flexibility index (Phi) is 7.72. The number of carbonyl (C=O) groups is 2. The molecule has 2 aromatic rings. The number of thioether (sulfide) groups is 1. The predicted octanol–water partition coefficient (Wildman–Crippen LogP) is 3.43. The molecule has 3 rings (SSSR count). The van der Waals surface area contributed by atoms with Crippen LogP contribution in [0.15, 0.2) is 53.4 Å². The monoisotopic (exact) mass is 411 g/mol. The molecule has 0 saturated carbocycles. The van der Waals surface area contributed by atoms with Crippen LogP contribution in [0.3, 0.4) is 0 Å². The molecule has 1 fully saturated rings. The van der Waals surface area contributed by atoms with E-state index in [1.807, 2.05) is 29.2 Å². The molecule has 1 aliphatic rings. The summed E-state index contributed by atoms with van der Waals surface area (Å²) >= 11 is 1.58. The first-order chi connectivity index (χ1) is 14.0. The van der Waals surface area contributed by atoms with Gasteiger partial charge >= 0.3 is 0 Å². The van der Waals surface area contributed by atoms with E-state index in [1.54, 1.807) is 11.8 Å². The normalized spacial score (nSPS) is 14.6. The first-order valence-corrected chi connectivity index (χ1v) is 11.1. The average Bonchev–Trinajstić information content (AvgIpc) is 2.74. The number of anilines is 1. The largest absolute Gasteiger partial charge is 0.339 e. The Morgan fingerprint density at radius 1 is 1.00 bits per heavy atom. The van der Waals surface area contributed by atoms with Gasteiger partial charge in [-0.3, -0.25) is 14.5 Å². The van der Waals surface area contributed by atoms with Crippen LogP contribution in [0.4, 0.5) is 5.69 Å². The molecule has 2 aromatic carbocycles. The van der Waals surface area contributed by atoms with Crippen molar-refractivity contribution in [1.29, 1.82) is 0 Å². The van der Waals surface area contributed by atoms with Crippen molar-refractivity contribution in [2.75, 3.05) is 43.8 Å². The standard InChI is InChI=1S/C23H29N3O2S/c1-3-19-6-4-5-7-21(19)24-22(27)16-25-12-14-26(15-13-25)23(28)17-29-20-10-8-18(2)9-11-20/h4-11H,3,12-17H2,1-2H3,(H,24,27). The van der Waals surface area contributed by atoms with Crippen LogP contribution in [0.5, 0.6) is 0 Å². The summed E-state index contributed by atoms with van der Waals surface area (Å²) < 4.78 is 0. The zero-order valence-corrected chi connectivity index (χ0v) is 18.0. The molecule has 1 N–H and O–H groups in total. The molecule has 0 aromatic heterocycles. The number of amides is 2. The quantitative estimate of drug-likeness (QED) is 0.709. The number of nitrogens with zero attached hydrogens (tertiary/aromatic N) is 2. The average molecular weight is 412 g/mol. The third-order valence-corrected chi connectivity index (χ3v) is 6.14. The smallest absolute Gasteiger partial charge is 0.238 e. The van der Waals surface area contributed by atoms with Gasteiger partial charge in [0.1, 0.15) is 0 Å². The highest BCUT2D eigenvalue weighted by atomic mass is 32.2. The Balaban J connectivity index is 1.41. The molecule has 5 nitrogen and oxygen atoms in total. The van der Waals surface area contributed by atoms with E-state index in [9.17, 15) is 9.59 Å². The lowest BCUT2D eigenvalue weighted by Crippen LogP contribution is -2.50. The predicted molar refractivity (Wildman–Crippen MR) is 119 cm³/mol. The van der Waals surface area contributed by atoms with Crippen LogP contribution in [0.1, 0.15) is 18.1 Å². The molecule has 6 heteroatoms. The van der Waals surface area contributed by atoms with Crippen LogP contribution in [-0.2, 0) is 16.0 Å². The minimum absolute atomic E-state index is 0.000558. The van der Waals surface area contributed by atoms with Crippen molar-refractivity contribution in [2.45, 2.75) is 25.2 Å². The lowest BCUT2D eigenvalue weighted by atomic mass is 10.1. The third-order valence-electron chi connectivity index (χ3n) is 5.15. The van der Waals surface area contributed by atoms with Crippen LogP contribution in [0.25, 0.3) is 0 Å². The highest BCUT2D eigenvalue weighted by Gasteiger charge is 2.22. The molecular weight excluding hydrogens is 382 g/mol. The van der Waals surface area contributed by atoms with E-state index in [1.165, 1.54) is 5.56 Å². The summed E-state index contributed by atoms with van der Waals surface area (Å²) in [6.45, 7) is 7.30. The molecule has 154 valence electrons. The van der Waals surface area contributed by atoms with Gasteiger partial charge in [-0.1, -0.05) is 42.8 Å². The maximum atomic E-state index is 12.5. The first kappa shape index (κ1) is 21.4. The lowest BCUT2D eigenvalue weighted by Gasteiger charge is -2.34. The first-order valence-electron chi connectivity index (χ1n) is 10.1. The second kappa shape index (κ2) is 10.5. The summed E-state index contributed by atoms with van der Waals surface area (Å²) in [6.07, 6.45) is 0.887. The Labute approximate surface area is 177 Å². The van der Waals surface area contributed by atoms with E-state index in [0.717, 1.165) is 35.7 Å². The van der Waals surface area contributed by atoms with Crippen molar-refractivity contribution < 1.29 is 9.59 Å². The van der Waals surface area contributed by atoms with Crippen molar-refractivity contribution >= 4 is 29.3 Å². The number of carbonyl (C=O) groups excluding carboxylic acids is 2. The van der Waals surface area contributed by atoms with Crippen molar-refractivity contribution in [3.63, 3.8) is 0 Å². The van der Waals surface area contributed by atoms with Crippen molar-refractivity contribution in [3.8, 4) is 0 Å². The van der Waals surface area contributed by atoms with Crippen molar-refractivity contribution in [1.82, 2.24) is 9.80 Å². The van der Waals surface area contributed by atoms with Gasteiger partial charge in [0.2, 0.25) is 11.8 Å². The van der Waals surface area contributed by atoms with Crippen LogP contribution < -0.4 is 5.32 Å². The Hall–Kier alpha value is -2.31. The number of benzene rings is 2. The fraction of sp³-hybridized carbons (Fsp3) is 0.391. The molecule has 0 aliphatic carbocycles.